The van der Waals surface area contributed by atoms with Gasteiger partial charge in [0.2, 0.25) is 0 Å². The summed E-state index contributed by atoms with van der Waals surface area (Å²) in [6.07, 6.45) is 9.13. The van der Waals surface area contributed by atoms with Gasteiger partial charge in [0.1, 0.15) is 5.75 Å². The normalized spacial score (nSPS) is 23.8. The van der Waals surface area contributed by atoms with Gasteiger partial charge >= 0.3 is 0 Å². The zero-order chi connectivity index (χ0) is 15.2. The third-order valence-electron chi connectivity index (χ3n) is 4.76. The minimum absolute atomic E-state index is 0.00535. The van der Waals surface area contributed by atoms with Crippen molar-refractivity contribution in [3.63, 3.8) is 0 Å². The summed E-state index contributed by atoms with van der Waals surface area (Å²) in [6, 6.07) is 5.73. The Kier molecular flexibility index (Phi) is 6.70. The van der Waals surface area contributed by atoms with E-state index < -0.39 is 0 Å². The molecule has 2 rings (SSSR count). The van der Waals surface area contributed by atoms with Crippen LogP contribution in [0.15, 0.2) is 18.2 Å². The van der Waals surface area contributed by atoms with Gasteiger partial charge in [0.25, 0.3) is 0 Å². The molecule has 0 radical (unpaired) electrons. The van der Waals surface area contributed by atoms with Crippen LogP contribution in [0, 0.1) is 11.8 Å². The summed E-state index contributed by atoms with van der Waals surface area (Å²) in [5, 5.41) is 0.735. The lowest BCUT2D eigenvalue weighted by Gasteiger charge is -2.32. The minimum Gasteiger partial charge on any atom is -0.496 e. The van der Waals surface area contributed by atoms with Gasteiger partial charge in [-0.1, -0.05) is 50.6 Å². The molecule has 1 aromatic carbocycles. The van der Waals surface area contributed by atoms with Crippen molar-refractivity contribution in [1.29, 1.82) is 0 Å². The fourth-order valence-corrected chi connectivity index (χ4v) is 4.04. The molecule has 21 heavy (non-hydrogen) atoms. The fraction of sp³-hybridized carbons (Fsp3) is 0.667. The molecule has 1 aromatic rings. The van der Waals surface area contributed by atoms with E-state index in [1.165, 1.54) is 44.9 Å². The van der Waals surface area contributed by atoms with Crippen molar-refractivity contribution in [3.05, 3.63) is 28.8 Å². The van der Waals surface area contributed by atoms with E-state index in [4.69, 9.17) is 27.9 Å². The van der Waals surface area contributed by atoms with Gasteiger partial charge in [-0.2, -0.15) is 0 Å². The van der Waals surface area contributed by atoms with Crippen molar-refractivity contribution < 1.29 is 4.74 Å². The molecule has 0 spiro atoms. The molecule has 118 valence electrons. The summed E-state index contributed by atoms with van der Waals surface area (Å²) in [4.78, 5) is 0. The zero-order valence-electron chi connectivity index (χ0n) is 13.1. The smallest absolute Gasteiger partial charge is 0.123 e. The molecule has 1 aliphatic rings. The molecule has 0 saturated heterocycles. The first-order valence-corrected chi connectivity index (χ1v) is 8.94. The van der Waals surface area contributed by atoms with Crippen LogP contribution in [-0.2, 0) is 0 Å². The summed E-state index contributed by atoms with van der Waals surface area (Å²) >= 11 is 12.9. The van der Waals surface area contributed by atoms with Crippen LogP contribution < -0.4 is 4.74 Å². The van der Waals surface area contributed by atoms with Gasteiger partial charge in [-0.3, -0.25) is 0 Å². The van der Waals surface area contributed by atoms with Gasteiger partial charge in [-0.15, -0.1) is 11.6 Å². The van der Waals surface area contributed by atoms with Crippen LogP contribution >= 0.6 is 23.2 Å². The fourth-order valence-electron chi connectivity index (χ4n) is 3.44. The summed E-state index contributed by atoms with van der Waals surface area (Å²) in [5.41, 5.74) is 1.05. The number of methoxy groups -OCH3 is 1. The number of halogens is 2. The number of rotatable bonds is 6. The van der Waals surface area contributed by atoms with Crippen LogP contribution in [0.4, 0.5) is 0 Å². The molecule has 0 aromatic heterocycles. The van der Waals surface area contributed by atoms with Crippen LogP contribution in [0.5, 0.6) is 5.75 Å². The van der Waals surface area contributed by atoms with Gasteiger partial charge < -0.3 is 4.74 Å². The largest absolute Gasteiger partial charge is 0.496 e. The SMILES string of the molecule is CCCCC1CCC(C(Cl)c2cc(Cl)ccc2OC)CC1. The second-order valence-electron chi connectivity index (χ2n) is 6.21. The summed E-state index contributed by atoms with van der Waals surface area (Å²) < 4.78 is 5.44. The van der Waals surface area contributed by atoms with E-state index in [0.717, 1.165) is 22.3 Å². The molecular weight excluding hydrogens is 303 g/mol. The number of hydrogen-bond donors (Lipinski definition) is 0. The first kappa shape index (κ1) is 17.0. The standard InChI is InChI=1S/C18H26Cl2O/c1-3-4-5-13-6-8-14(9-7-13)18(20)16-12-15(19)10-11-17(16)21-2/h10-14,18H,3-9H2,1-2H3. The van der Waals surface area contributed by atoms with Crippen molar-refractivity contribution in [3.8, 4) is 5.75 Å². The highest BCUT2D eigenvalue weighted by Gasteiger charge is 2.28. The molecular formula is C18H26Cl2O. The van der Waals surface area contributed by atoms with Crippen LogP contribution in [0.2, 0.25) is 5.02 Å². The van der Waals surface area contributed by atoms with E-state index >= 15 is 0 Å². The predicted octanol–water partition coefficient (Wildman–Crippen LogP) is 6.63. The van der Waals surface area contributed by atoms with Crippen LogP contribution in [0.25, 0.3) is 0 Å². The van der Waals surface area contributed by atoms with E-state index in [0.29, 0.717) is 5.92 Å². The molecule has 1 unspecified atom stereocenters. The Morgan fingerprint density at radius 2 is 1.95 bits per heavy atom. The molecule has 1 fully saturated rings. The average molecular weight is 329 g/mol. The molecule has 3 heteroatoms. The van der Waals surface area contributed by atoms with E-state index in [1.54, 1.807) is 7.11 Å². The van der Waals surface area contributed by atoms with Crippen molar-refractivity contribution in [2.75, 3.05) is 7.11 Å². The van der Waals surface area contributed by atoms with Crippen molar-refractivity contribution in [2.45, 2.75) is 57.2 Å². The van der Waals surface area contributed by atoms with Crippen molar-refractivity contribution >= 4 is 23.2 Å². The van der Waals surface area contributed by atoms with E-state index in [-0.39, 0.29) is 5.38 Å². The Morgan fingerprint density at radius 3 is 2.57 bits per heavy atom. The van der Waals surface area contributed by atoms with Crippen molar-refractivity contribution in [1.82, 2.24) is 0 Å². The molecule has 0 heterocycles. The summed E-state index contributed by atoms with van der Waals surface area (Å²) in [6.45, 7) is 2.27. The highest BCUT2D eigenvalue weighted by molar-refractivity contribution is 6.31. The summed E-state index contributed by atoms with van der Waals surface area (Å²) in [5.74, 6) is 2.30. The van der Waals surface area contributed by atoms with Gasteiger partial charge in [-0.05, 0) is 42.9 Å². The summed E-state index contributed by atoms with van der Waals surface area (Å²) in [7, 11) is 1.69. The lowest BCUT2D eigenvalue weighted by atomic mass is 9.77. The van der Waals surface area contributed by atoms with Gasteiger partial charge in [0, 0.05) is 10.6 Å². The number of ether oxygens (including phenoxy) is 1. The molecule has 1 atom stereocenters. The second-order valence-corrected chi connectivity index (χ2v) is 7.12. The second kappa shape index (κ2) is 8.29. The van der Waals surface area contributed by atoms with E-state index in [1.807, 2.05) is 18.2 Å². The lowest BCUT2D eigenvalue weighted by molar-refractivity contribution is 0.252. The molecule has 1 aliphatic carbocycles. The third-order valence-corrected chi connectivity index (χ3v) is 5.59. The maximum atomic E-state index is 6.75. The van der Waals surface area contributed by atoms with E-state index in [9.17, 15) is 0 Å². The zero-order valence-corrected chi connectivity index (χ0v) is 14.6. The molecule has 0 aliphatic heterocycles. The lowest BCUT2D eigenvalue weighted by Crippen LogP contribution is -2.18. The third kappa shape index (κ3) is 4.53. The Bertz CT molecular complexity index is 439. The molecule has 0 amide bonds. The predicted molar refractivity (Wildman–Crippen MR) is 91.6 cm³/mol. The highest BCUT2D eigenvalue weighted by atomic mass is 35.5. The number of unbranched alkanes of at least 4 members (excludes halogenated alkanes) is 1. The Morgan fingerprint density at radius 1 is 1.24 bits per heavy atom. The molecule has 1 nitrogen and oxygen atoms in total. The first-order chi connectivity index (χ1) is 10.2. The van der Waals surface area contributed by atoms with Crippen LogP contribution in [0.1, 0.15) is 62.8 Å². The Balaban J connectivity index is 1.98. The van der Waals surface area contributed by atoms with Crippen molar-refractivity contribution in [2.24, 2.45) is 11.8 Å². The van der Waals surface area contributed by atoms with E-state index in [2.05, 4.69) is 6.92 Å². The molecule has 0 bridgehead atoms. The Labute approximate surface area is 139 Å². The van der Waals surface area contributed by atoms with Crippen LogP contribution in [-0.4, -0.2) is 7.11 Å². The average Bonchev–Trinajstić information content (AvgIpc) is 2.52. The number of benzene rings is 1. The number of alkyl halides is 1. The first-order valence-electron chi connectivity index (χ1n) is 8.13. The van der Waals surface area contributed by atoms with Gasteiger partial charge in [-0.25, -0.2) is 0 Å². The monoisotopic (exact) mass is 328 g/mol. The molecule has 1 saturated carbocycles. The van der Waals surface area contributed by atoms with Crippen LogP contribution in [0.3, 0.4) is 0 Å². The quantitative estimate of drug-likeness (QED) is 0.533. The van der Waals surface area contributed by atoms with Gasteiger partial charge in [0.05, 0.1) is 12.5 Å². The Hall–Kier alpha value is -0.400. The van der Waals surface area contributed by atoms with Gasteiger partial charge in [0.15, 0.2) is 0 Å². The topological polar surface area (TPSA) is 9.23 Å². The maximum absolute atomic E-state index is 6.75. The number of hydrogen-bond acceptors (Lipinski definition) is 1. The minimum atomic E-state index is 0.00535. The molecule has 0 N–H and O–H groups in total. The maximum Gasteiger partial charge on any atom is 0.123 e. The highest BCUT2D eigenvalue weighted by Crippen LogP contribution is 2.44.